The molecule has 0 radical (unpaired) electrons. The van der Waals surface area contributed by atoms with Crippen LogP contribution in [0.2, 0.25) is 0 Å². The minimum absolute atomic E-state index is 0.619. The van der Waals surface area contributed by atoms with Crippen molar-refractivity contribution in [2.24, 2.45) is 5.92 Å². The summed E-state index contributed by atoms with van der Waals surface area (Å²) in [4.78, 5) is 0. The molecule has 0 bridgehead atoms. The average Bonchev–Trinajstić information content (AvgIpc) is 2.23. The fraction of sp³-hybridized carbons (Fsp3) is 0.462. The maximum atomic E-state index is 8.80. The monoisotopic (exact) mass is 281 g/mol. The number of benzene rings is 1. The Hall–Kier alpha value is -1.01. The molecule has 86 valence electrons. The van der Waals surface area contributed by atoms with Crippen LogP contribution in [-0.4, -0.2) is 6.61 Å². The van der Waals surface area contributed by atoms with Crippen molar-refractivity contribution in [3.63, 3.8) is 0 Å². The van der Waals surface area contributed by atoms with Crippen LogP contribution >= 0.6 is 15.9 Å². The summed E-state index contributed by atoms with van der Waals surface area (Å²) in [6.07, 6.45) is 2.21. The van der Waals surface area contributed by atoms with Gasteiger partial charge in [0.1, 0.15) is 5.75 Å². The van der Waals surface area contributed by atoms with Gasteiger partial charge in [-0.25, -0.2) is 0 Å². The van der Waals surface area contributed by atoms with Crippen LogP contribution in [0.4, 0.5) is 0 Å². The molecule has 1 aromatic carbocycles. The Bertz CT molecular complexity index is 382. The van der Waals surface area contributed by atoms with Crippen LogP contribution in [0.25, 0.3) is 0 Å². The molecule has 16 heavy (non-hydrogen) atoms. The highest BCUT2D eigenvalue weighted by Crippen LogP contribution is 2.21. The van der Waals surface area contributed by atoms with Gasteiger partial charge >= 0.3 is 0 Å². The molecule has 0 saturated carbocycles. The van der Waals surface area contributed by atoms with E-state index in [1.165, 1.54) is 6.42 Å². The van der Waals surface area contributed by atoms with Crippen LogP contribution in [0, 0.1) is 17.2 Å². The number of hydrogen-bond acceptors (Lipinski definition) is 2. The van der Waals surface area contributed by atoms with Gasteiger partial charge in [0, 0.05) is 4.47 Å². The van der Waals surface area contributed by atoms with Crippen molar-refractivity contribution in [2.75, 3.05) is 6.61 Å². The Balaban J connectivity index is 2.48. The number of halogens is 1. The molecule has 0 heterocycles. The molecular weight excluding hydrogens is 266 g/mol. The molecule has 2 nitrogen and oxygen atoms in total. The van der Waals surface area contributed by atoms with Crippen molar-refractivity contribution >= 4 is 15.9 Å². The molecule has 0 aromatic heterocycles. The molecule has 0 unspecified atom stereocenters. The maximum Gasteiger partial charge on any atom is 0.121 e. The minimum Gasteiger partial charge on any atom is -0.494 e. The predicted molar refractivity (Wildman–Crippen MR) is 68.4 cm³/mol. The molecule has 1 aromatic rings. The van der Waals surface area contributed by atoms with Gasteiger partial charge in [-0.2, -0.15) is 5.26 Å². The number of rotatable bonds is 5. The third kappa shape index (κ3) is 4.67. The molecule has 0 saturated heterocycles. The second kappa shape index (κ2) is 6.55. The summed E-state index contributed by atoms with van der Waals surface area (Å²) >= 11 is 3.35. The van der Waals surface area contributed by atoms with E-state index in [0.717, 1.165) is 16.6 Å². The van der Waals surface area contributed by atoms with Crippen LogP contribution < -0.4 is 4.74 Å². The summed E-state index contributed by atoms with van der Waals surface area (Å²) in [5, 5.41) is 8.80. The average molecular weight is 282 g/mol. The van der Waals surface area contributed by atoms with Crippen LogP contribution in [0.3, 0.4) is 0 Å². The number of ether oxygens (including phenoxy) is 1. The van der Waals surface area contributed by atoms with E-state index in [2.05, 4.69) is 35.8 Å². The summed E-state index contributed by atoms with van der Waals surface area (Å²) < 4.78 is 6.48. The highest BCUT2D eigenvalue weighted by Gasteiger charge is 2.00. The molecular formula is C13H16BrNO. The lowest BCUT2D eigenvalue weighted by Crippen LogP contribution is -1.99. The van der Waals surface area contributed by atoms with Crippen LogP contribution in [-0.2, 0) is 0 Å². The van der Waals surface area contributed by atoms with E-state index < -0.39 is 0 Å². The predicted octanol–water partition coefficient (Wildman–Crippen LogP) is 4.14. The van der Waals surface area contributed by atoms with Gasteiger partial charge < -0.3 is 4.74 Å². The summed E-state index contributed by atoms with van der Waals surface area (Å²) in [5.41, 5.74) is 0.619. The summed E-state index contributed by atoms with van der Waals surface area (Å²) in [6, 6.07) is 7.53. The highest BCUT2D eigenvalue weighted by atomic mass is 79.9. The fourth-order valence-corrected chi connectivity index (χ4v) is 1.86. The van der Waals surface area contributed by atoms with Gasteiger partial charge in [0.05, 0.1) is 18.2 Å². The molecule has 0 amide bonds. The molecule has 0 fully saturated rings. The van der Waals surface area contributed by atoms with Crippen molar-refractivity contribution in [2.45, 2.75) is 26.7 Å². The molecule has 0 aliphatic heterocycles. The molecule has 0 aliphatic rings. The first kappa shape index (κ1) is 13.1. The SMILES string of the molecule is CC(C)CCCOc1cc(Br)cc(C#N)c1. The third-order valence-corrected chi connectivity index (χ3v) is 2.65. The van der Waals surface area contributed by atoms with Gasteiger partial charge in [-0.1, -0.05) is 29.8 Å². The smallest absolute Gasteiger partial charge is 0.121 e. The summed E-state index contributed by atoms with van der Waals surface area (Å²) in [6.45, 7) is 5.11. The fourth-order valence-electron chi connectivity index (χ4n) is 1.39. The van der Waals surface area contributed by atoms with Gasteiger partial charge in [0.15, 0.2) is 0 Å². The maximum absolute atomic E-state index is 8.80. The molecule has 3 heteroatoms. The van der Waals surface area contributed by atoms with E-state index in [1.807, 2.05) is 6.07 Å². The van der Waals surface area contributed by atoms with Crippen molar-refractivity contribution in [1.29, 1.82) is 5.26 Å². The zero-order chi connectivity index (χ0) is 12.0. The zero-order valence-electron chi connectivity index (χ0n) is 9.66. The van der Waals surface area contributed by atoms with Crippen LogP contribution in [0.1, 0.15) is 32.3 Å². The van der Waals surface area contributed by atoms with E-state index in [-0.39, 0.29) is 0 Å². The van der Waals surface area contributed by atoms with E-state index >= 15 is 0 Å². The minimum atomic E-state index is 0.619. The van der Waals surface area contributed by atoms with E-state index in [9.17, 15) is 0 Å². The van der Waals surface area contributed by atoms with Gasteiger partial charge in [-0.05, 0) is 37.0 Å². The Kier molecular flexibility index (Phi) is 5.34. The lowest BCUT2D eigenvalue weighted by molar-refractivity contribution is 0.297. The lowest BCUT2D eigenvalue weighted by atomic mass is 10.1. The lowest BCUT2D eigenvalue weighted by Gasteiger charge is -2.08. The van der Waals surface area contributed by atoms with Crippen molar-refractivity contribution in [1.82, 2.24) is 0 Å². The van der Waals surface area contributed by atoms with Crippen molar-refractivity contribution < 1.29 is 4.74 Å². The first-order valence-corrected chi connectivity index (χ1v) is 6.24. The van der Waals surface area contributed by atoms with Crippen LogP contribution in [0.15, 0.2) is 22.7 Å². The highest BCUT2D eigenvalue weighted by molar-refractivity contribution is 9.10. The summed E-state index contributed by atoms with van der Waals surface area (Å²) in [5.74, 6) is 1.47. The number of nitriles is 1. The molecule has 0 atom stereocenters. The number of hydrogen-bond donors (Lipinski definition) is 0. The second-order valence-corrected chi connectivity index (χ2v) is 5.09. The topological polar surface area (TPSA) is 33.0 Å². The van der Waals surface area contributed by atoms with Gasteiger partial charge in [-0.3, -0.25) is 0 Å². The quantitative estimate of drug-likeness (QED) is 0.760. The zero-order valence-corrected chi connectivity index (χ0v) is 11.3. The molecule has 0 spiro atoms. The van der Waals surface area contributed by atoms with E-state index in [4.69, 9.17) is 10.00 Å². The van der Waals surface area contributed by atoms with Gasteiger partial charge in [-0.15, -0.1) is 0 Å². The molecule has 0 N–H and O–H groups in total. The van der Waals surface area contributed by atoms with Crippen LogP contribution in [0.5, 0.6) is 5.75 Å². The first-order chi connectivity index (χ1) is 7.61. The Labute approximate surface area is 105 Å². The van der Waals surface area contributed by atoms with Crippen molar-refractivity contribution in [3.8, 4) is 11.8 Å². The Morgan fingerprint density at radius 2 is 2.12 bits per heavy atom. The van der Waals surface area contributed by atoms with Gasteiger partial charge in [0.2, 0.25) is 0 Å². The second-order valence-electron chi connectivity index (χ2n) is 4.17. The van der Waals surface area contributed by atoms with E-state index in [1.54, 1.807) is 12.1 Å². The standard InChI is InChI=1S/C13H16BrNO/c1-10(2)4-3-5-16-13-7-11(9-15)6-12(14)8-13/h6-8,10H,3-5H2,1-2H3. The Morgan fingerprint density at radius 1 is 1.38 bits per heavy atom. The number of nitrogens with zero attached hydrogens (tertiary/aromatic N) is 1. The summed E-state index contributed by atoms with van der Waals surface area (Å²) in [7, 11) is 0. The van der Waals surface area contributed by atoms with E-state index in [0.29, 0.717) is 18.1 Å². The first-order valence-electron chi connectivity index (χ1n) is 5.45. The van der Waals surface area contributed by atoms with Gasteiger partial charge in [0.25, 0.3) is 0 Å². The largest absolute Gasteiger partial charge is 0.494 e. The van der Waals surface area contributed by atoms with Crippen molar-refractivity contribution in [3.05, 3.63) is 28.2 Å². The third-order valence-electron chi connectivity index (χ3n) is 2.19. The molecule has 1 rings (SSSR count). The normalized spacial score (nSPS) is 10.2. The Morgan fingerprint density at radius 3 is 2.75 bits per heavy atom. The molecule has 0 aliphatic carbocycles.